The Bertz CT molecular complexity index is 699. The summed E-state index contributed by atoms with van der Waals surface area (Å²) < 4.78 is 53.4. The summed E-state index contributed by atoms with van der Waals surface area (Å²) in [6.45, 7) is 0. The van der Waals surface area contributed by atoms with Crippen LogP contribution in [0.5, 0.6) is 11.5 Å². The van der Waals surface area contributed by atoms with Crippen molar-refractivity contribution in [2.75, 3.05) is 0 Å². The fourth-order valence-electron chi connectivity index (χ4n) is 1.35. The molecule has 0 saturated carbocycles. The van der Waals surface area contributed by atoms with Crippen molar-refractivity contribution in [1.29, 1.82) is 0 Å². The monoisotopic (exact) mass is 304 g/mol. The van der Waals surface area contributed by atoms with E-state index in [0.29, 0.717) is 0 Å². The van der Waals surface area contributed by atoms with E-state index >= 15 is 0 Å². The third-order valence-electron chi connectivity index (χ3n) is 2.23. The Labute approximate surface area is 112 Å². The van der Waals surface area contributed by atoms with Crippen molar-refractivity contribution in [3.63, 3.8) is 0 Å². The van der Waals surface area contributed by atoms with Crippen LogP contribution in [0.1, 0.15) is 0 Å². The molecule has 0 aliphatic carbocycles. The van der Waals surface area contributed by atoms with Crippen LogP contribution in [0.2, 0.25) is 0 Å². The van der Waals surface area contributed by atoms with E-state index in [1.165, 1.54) is 24.3 Å². The normalized spacial score (nSPS) is 11.3. The maximum atomic E-state index is 13.3. The van der Waals surface area contributed by atoms with Gasteiger partial charge in [-0.3, -0.25) is 0 Å². The van der Waals surface area contributed by atoms with E-state index in [9.17, 15) is 17.2 Å². The van der Waals surface area contributed by atoms with Crippen molar-refractivity contribution < 1.29 is 21.9 Å². The van der Waals surface area contributed by atoms with Gasteiger partial charge in [-0.1, -0.05) is 0 Å². The van der Waals surface area contributed by atoms with Gasteiger partial charge in [0.05, 0.1) is 4.90 Å². The van der Waals surface area contributed by atoms with Gasteiger partial charge in [-0.2, -0.15) is 0 Å². The summed E-state index contributed by atoms with van der Waals surface area (Å²) in [6, 6.07) is 7.78. The number of halogens is 3. The Morgan fingerprint density at radius 2 is 1.63 bits per heavy atom. The molecule has 2 aromatic carbocycles. The zero-order valence-corrected chi connectivity index (χ0v) is 10.9. The standard InChI is InChI=1S/C12H7ClF2O3S/c13-19(16,17)10-4-2-9(3-5-10)18-12-7-8(14)1-6-11(12)15/h1-7H. The van der Waals surface area contributed by atoms with Crippen molar-refractivity contribution >= 4 is 19.7 Å². The SMILES string of the molecule is O=S(=O)(Cl)c1ccc(Oc2cc(F)ccc2F)cc1. The maximum Gasteiger partial charge on any atom is 0.261 e. The fraction of sp³-hybridized carbons (Fsp3) is 0. The molecule has 0 bridgehead atoms. The average Bonchev–Trinajstić information content (AvgIpc) is 2.33. The second kappa shape index (κ2) is 5.14. The predicted molar refractivity (Wildman–Crippen MR) is 65.9 cm³/mol. The average molecular weight is 305 g/mol. The van der Waals surface area contributed by atoms with Crippen molar-refractivity contribution in [3.05, 3.63) is 54.1 Å². The smallest absolute Gasteiger partial charge is 0.261 e. The molecule has 0 amide bonds. The van der Waals surface area contributed by atoms with Crippen LogP contribution in [0.3, 0.4) is 0 Å². The summed E-state index contributed by atoms with van der Waals surface area (Å²) in [6.07, 6.45) is 0. The third-order valence-corrected chi connectivity index (χ3v) is 3.60. The fourth-order valence-corrected chi connectivity index (χ4v) is 2.12. The first kappa shape index (κ1) is 13.8. The van der Waals surface area contributed by atoms with E-state index in [1.807, 2.05) is 0 Å². The van der Waals surface area contributed by atoms with Gasteiger partial charge in [0.2, 0.25) is 0 Å². The minimum atomic E-state index is -3.82. The van der Waals surface area contributed by atoms with Gasteiger partial charge in [-0.25, -0.2) is 17.2 Å². The molecule has 3 nitrogen and oxygen atoms in total. The van der Waals surface area contributed by atoms with Crippen LogP contribution < -0.4 is 4.74 Å². The summed E-state index contributed by atoms with van der Waals surface area (Å²) in [5.41, 5.74) is 0. The van der Waals surface area contributed by atoms with Crippen LogP contribution in [0.4, 0.5) is 8.78 Å². The maximum absolute atomic E-state index is 13.3. The number of hydrogen-bond acceptors (Lipinski definition) is 3. The van der Waals surface area contributed by atoms with Crippen molar-refractivity contribution in [2.24, 2.45) is 0 Å². The molecule has 0 fully saturated rings. The lowest BCUT2D eigenvalue weighted by molar-refractivity contribution is 0.436. The Hall–Kier alpha value is -1.66. The van der Waals surface area contributed by atoms with E-state index in [2.05, 4.69) is 0 Å². The molecule has 7 heteroatoms. The van der Waals surface area contributed by atoms with Gasteiger partial charge >= 0.3 is 0 Å². The second-order valence-electron chi connectivity index (χ2n) is 3.59. The molecule has 0 radical (unpaired) electrons. The van der Waals surface area contributed by atoms with Gasteiger partial charge in [-0.15, -0.1) is 0 Å². The Balaban J connectivity index is 2.27. The van der Waals surface area contributed by atoms with Gasteiger partial charge in [0, 0.05) is 16.7 Å². The van der Waals surface area contributed by atoms with Crippen LogP contribution in [-0.2, 0) is 9.05 Å². The molecule has 19 heavy (non-hydrogen) atoms. The molecule has 0 aliphatic rings. The summed E-state index contributed by atoms with van der Waals surface area (Å²) in [7, 11) is 1.31. The largest absolute Gasteiger partial charge is 0.454 e. The molecule has 0 aromatic heterocycles. The summed E-state index contributed by atoms with van der Waals surface area (Å²) in [5.74, 6) is -1.50. The zero-order valence-electron chi connectivity index (χ0n) is 9.31. The molecule has 0 heterocycles. The second-order valence-corrected chi connectivity index (χ2v) is 6.15. The summed E-state index contributed by atoms with van der Waals surface area (Å²) >= 11 is 0. The third kappa shape index (κ3) is 3.42. The zero-order chi connectivity index (χ0) is 14.0. The van der Waals surface area contributed by atoms with Crippen LogP contribution >= 0.6 is 10.7 Å². The van der Waals surface area contributed by atoms with E-state index in [-0.39, 0.29) is 16.4 Å². The Morgan fingerprint density at radius 3 is 2.21 bits per heavy atom. The molecule has 2 rings (SSSR count). The van der Waals surface area contributed by atoms with Gasteiger partial charge in [0.15, 0.2) is 11.6 Å². The highest BCUT2D eigenvalue weighted by atomic mass is 35.7. The molecule has 0 unspecified atom stereocenters. The van der Waals surface area contributed by atoms with E-state index in [1.54, 1.807) is 0 Å². The van der Waals surface area contributed by atoms with Crippen LogP contribution in [0.15, 0.2) is 47.4 Å². The highest BCUT2D eigenvalue weighted by Gasteiger charge is 2.11. The predicted octanol–water partition coefficient (Wildman–Crippen LogP) is 3.68. The molecule has 0 spiro atoms. The van der Waals surface area contributed by atoms with Crippen molar-refractivity contribution in [1.82, 2.24) is 0 Å². The van der Waals surface area contributed by atoms with Crippen LogP contribution in [0.25, 0.3) is 0 Å². The van der Waals surface area contributed by atoms with Crippen LogP contribution in [-0.4, -0.2) is 8.42 Å². The highest BCUT2D eigenvalue weighted by molar-refractivity contribution is 8.13. The molecule has 2 aromatic rings. The minimum Gasteiger partial charge on any atom is -0.454 e. The Kier molecular flexibility index (Phi) is 3.73. The lowest BCUT2D eigenvalue weighted by atomic mass is 10.3. The molecule has 0 atom stereocenters. The first-order valence-electron chi connectivity index (χ1n) is 5.04. The number of ether oxygens (including phenoxy) is 1. The first-order valence-corrected chi connectivity index (χ1v) is 7.35. The molecular formula is C12H7ClF2O3S. The lowest BCUT2D eigenvalue weighted by Gasteiger charge is -2.07. The summed E-state index contributed by atoms with van der Waals surface area (Å²) in [4.78, 5) is -0.110. The number of benzene rings is 2. The van der Waals surface area contributed by atoms with Gasteiger partial charge < -0.3 is 4.74 Å². The Morgan fingerprint density at radius 1 is 1.00 bits per heavy atom. The van der Waals surface area contributed by atoms with E-state index < -0.39 is 20.7 Å². The lowest BCUT2D eigenvalue weighted by Crippen LogP contribution is -1.92. The van der Waals surface area contributed by atoms with E-state index in [0.717, 1.165) is 18.2 Å². The molecule has 0 N–H and O–H groups in total. The molecule has 0 saturated heterocycles. The van der Waals surface area contributed by atoms with E-state index in [4.69, 9.17) is 15.4 Å². The number of hydrogen-bond donors (Lipinski definition) is 0. The van der Waals surface area contributed by atoms with Crippen LogP contribution in [0, 0.1) is 11.6 Å². The van der Waals surface area contributed by atoms with Gasteiger partial charge in [0.1, 0.15) is 11.6 Å². The van der Waals surface area contributed by atoms with Gasteiger partial charge in [-0.05, 0) is 36.4 Å². The van der Waals surface area contributed by atoms with Crippen molar-refractivity contribution in [3.8, 4) is 11.5 Å². The molecular weight excluding hydrogens is 298 g/mol. The topological polar surface area (TPSA) is 43.4 Å². The highest BCUT2D eigenvalue weighted by Crippen LogP contribution is 2.26. The van der Waals surface area contributed by atoms with Gasteiger partial charge in [0.25, 0.3) is 9.05 Å². The molecule has 100 valence electrons. The summed E-state index contributed by atoms with van der Waals surface area (Å²) in [5, 5.41) is 0. The molecule has 0 aliphatic heterocycles. The first-order chi connectivity index (χ1) is 8.86. The quantitative estimate of drug-likeness (QED) is 0.812. The minimum absolute atomic E-state index is 0.110. The number of rotatable bonds is 3. The van der Waals surface area contributed by atoms with Crippen molar-refractivity contribution in [2.45, 2.75) is 4.90 Å².